The second kappa shape index (κ2) is 7.07. The van der Waals surface area contributed by atoms with Crippen molar-refractivity contribution in [3.05, 3.63) is 0 Å². The van der Waals surface area contributed by atoms with Gasteiger partial charge in [0, 0.05) is 11.0 Å². The first-order valence-corrected chi connectivity index (χ1v) is 9.60. The first kappa shape index (κ1) is 14.6. The Morgan fingerprint density at radius 2 is 1.95 bits per heavy atom. The van der Waals surface area contributed by atoms with Gasteiger partial charge in [0.2, 0.25) is 0 Å². The van der Waals surface area contributed by atoms with Crippen molar-refractivity contribution in [2.75, 3.05) is 12.3 Å². The van der Waals surface area contributed by atoms with Crippen molar-refractivity contribution in [3.63, 3.8) is 0 Å². The second-order valence-electron chi connectivity index (χ2n) is 5.96. The number of hydrogen-bond donors (Lipinski definition) is 2. The van der Waals surface area contributed by atoms with Crippen LogP contribution >= 0.6 is 23.5 Å². The largest absolute Gasteiger partial charge is 0.277 e. The number of amidine groups is 2. The van der Waals surface area contributed by atoms with E-state index in [1.807, 2.05) is 11.8 Å². The molecule has 1 saturated carbocycles. The van der Waals surface area contributed by atoms with Crippen molar-refractivity contribution in [1.82, 2.24) is 10.9 Å². The Hall–Kier alpha value is -0.360. The van der Waals surface area contributed by atoms with Gasteiger partial charge in [-0.15, -0.1) is 0 Å². The maximum Gasteiger partial charge on any atom is 0.175 e. The summed E-state index contributed by atoms with van der Waals surface area (Å²) in [6.07, 6.45) is 8.41. The molecule has 1 fully saturated rings. The van der Waals surface area contributed by atoms with E-state index in [2.05, 4.69) is 22.8 Å². The van der Waals surface area contributed by atoms with Crippen LogP contribution in [0.2, 0.25) is 0 Å². The van der Waals surface area contributed by atoms with Crippen LogP contribution in [0, 0.1) is 5.92 Å². The molecule has 20 heavy (non-hydrogen) atoms. The van der Waals surface area contributed by atoms with Crippen LogP contribution in [0.15, 0.2) is 9.98 Å². The number of rotatable bonds is 2. The van der Waals surface area contributed by atoms with Crippen LogP contribution in [0.25, 0.3) is 0 Å². The second-order valence-corrected chi connectivity index (χ2v) is 8.40. The smallest absolute Gasteiger partial charge is 0.175 e. The van der Waals surface area contributed by atoms with Crippen molar-refractivity contribution in [2.45, 2.75) is 56.7 Å². The lowest BCUT2D eigenvalue weighted by molar-refractivity contribution is 0.325. The molecular weight excluding hydrogens is 288 g/mol. The molecule has 2 atom stereocenters. The lowest BCUT2D eigenvalue weighted by Crippen LogP contribution is -2.38. The average molecular weight is 313 g/mol. The molecule has 3 rings (SSSR count). The van der Waals surface area contributed by atoms with Gasteiger partial charge in [0.25, 0.3) is 0 Å². The number of hydrogen-bond acceptors (Lipinski definition) is 6. The summed E-state index contributed by atoms with van der Waals surface area (Å²) in [4.78, 5) is 9.24. The van der Waals surface area contributed by atoms with Crippen LogP contribution in [-0.2, 0) is 0 Å². The van der Waals surface area contributed by atoms with E-state index in [1.165, 1.54) is 38.5 Å². The molecule has 0 bridgehead atoms. The summed E-state index contributed by atoms with van der Waals surface area (Å²) in [5.41, 5.74) is 6.41. The predicted molar refractivity (Wildman–Crippen MR) is 90.5 cm³/mol. The first-order valence-electron chi connectivity index (χ1n) is 7.73. The fourth-order valence-electron chi connectivity index (χ4n) is 3.06. The van der Waals surface area contributed by atoms with Crippen LogP contribution in [-0.4, -0.2) is 33.9 Å². The minimum atomic E-state index is 0.518. The number of thioether (sulfide) groups is 2. The highest BCUT2D eigenvalue weighted by Gasteiger charge is 2.24. The predicted octanol–water partition coefficient (Wildman–Crippen LogP) is 3.01. The summed E-state index contributed by atoms with van der Waals surface area (Å²) in [6, 6.07) is 0.518. The molecule has 2 aliphatic heterocycles. The summed E-state index contributed by atoms with van der Waals surface area (Å²) in [5, 5.41) is 2.63. The van der Waals surface area contributed by atoms with Crippen LogP contribution in [0.1, 0.15) is 45.4 Å². The fourth-order valence-corrected chi connectivity index (χ4v) is 4.76. The highest BCUT2D eigenvalue weighted by molar-refractivity contribution is 8.15. The van der Waals surface area contributed by atoms with E-state index in [9.17, 15) is 0 Å². The van der Waals surface area contributed by atoms with Gasteiger partial charge in [-0.2, -0.15) is 0 Å². The molecule has 112 valence electrons. The summed E-state index contributed by atoms with van der Waals surface area (Å²) in [5.74, 6) is 2.05. The van der Waals surface area contributed by atoms with Gasteiger partial charge < -0.3 is 0 Å². The molecule has 6 heteroatoms. The highest BCUT2D eigenvalue weighted by Crippen LogP contribution is 2.31. The lowest BCUT2D eigenvalue weighted by atomic mass is 9.85. The number of nitrogens with one attached hydrogen (secondary N) is 2. The van der Waals surface area contributed by atoms with Gasteiger partial charge in [-0.25, -0.2) is 0 Å². The molecule has 4 nitrogen and oxygen atoms in total. The molecule has 0 saturated heterocycles. The molecule has 0 spiro atoms. The van der Waals surface area contributed by atoms with E-state index in [1.54, 1.807) is 11.8 Å². The third-order valence-electron chi connectivity index (χ3n) is 4.12. The third kappa shape index (κ3) is 4.07. The normalized spacial score (nSPS) is 31.1. The van der Waals surface area contributed by atoms with Crippen LogP contribution in [0.3, 0.4) is 0 Å². The van der Waals surface area contributed by atoms with E-state index in [-0.39, 0.29) is 0 Å². The van der Waals surface area contributed by atoms with Crippen molar-refractivity contribution in [2.24, 2.45) is 15.9 Å². The van der Waals surface area contributed by atoms with Gasteiger partial charge in [-0.05, 0) is 12.3 Å². The Labute approximate surface area is 130 Å². The minimum Gasteiger partial charge on any atom is -0.277 e. The highest BCUT2D eigenvalue weighted by atomic mass is 32.2. The SMILES string of the molecule is CC1CN=C(NNC2=NC(CC3CCCCC3)CS2)S1. The van der Waals surface area contributed by atoms with Gasteiger partial charge in [0.15, 0.2) is 10.3 Å². The van der Waals surface area contributed by atoms with Gasteiger partial charge in [0.05, 0.1) is 12.6 Å². The molecular formula is C14H24N4S2. The molecule has 0 aromatic rings. The van der Waals surface area contributed by atoms with E-state index < -0.39 is 0 Å². The lowest BCUT2D eigenvalue weighted by Gasteiger charge is -2.22. The monoisotopic (exact) mass is 312 g/mol. The molecule has 0 radical (unpaired) electrons. The summed E-state index contributed by atoms with van der Waals surface area (Å²) < 4.78 is 0. The van der Waals surface area contributed by atoms with E-state index in [0.29, 0.717) is 11.3 Å². The maximum atomic E-state index is 4.80. The van der Waals surface area contributed by atoms with Gasteiger partial charge in [-0.1, -0.05) is 62.6 Å². The molecule has 2 N–H and O–H groups in total. The number of nitrogens with zero attached hydrogens (tertiary/aromatic N) is 2. The number of aliphatic imine (C=N–C) groups is 2. The molecule has 0 aromatic carbocycles. The summed E-state index contributed by atoms with van der Waals surface area (Å²) in [6.45, 7) is 3.11. The average Bonchev–Trinajstić information content (AvgIpc) is 3.07. The third-order valence-corrected chi connectivity index (χ3v) is 6.16. The van der Waals surface area contributed by atoms with Gasteiger partial charge >= 0.3 is 0 Å². The maximum absolute atomic E-state index is 4.80. The number of hydrazine groups is 1. The molecule has 0 aromatic heterocycles. The van der Waals surface area contributed by atoms with Crippen molar-refractivity contribution < 1.29 is 0 Å². The van der Waals surface area contributed by atoms with Gasteiger partial charge in [0.1, 0.15) is 0 Å². The quantitative estimate of drug-likeness (QED) is 0.770. The van der Waals surface area contributed by atoms with E-state index in [4.69, 9.17) is 4.99 Å². The molecule has 3 aliphatic rings. The Kier molecular flexibility index (Phi) is 5.15. The zero-order chi connectivity index (χ0) is 13.8. The standard InChI is InChI=1S/C14H24N4S2/c1-10-8-15-13(20-10)17-18-14-16-12(9-19-14)7-11-5-3-2-4-6-11/h10-12H,2-9H2,1H3,(H,15,17)(H,16,18). The molecule has 2 heterocycles. The first-order chi connectivity index (χ1) is 9.79. The van der Waals surface area contributed by atoms with Crippen LogP contribution < -0.4 is 10.9 Å². The van der Waals surface area contributed by atoms with Gasteiger partial charge in [-0.3, -0.25) is 20.8 Å². The zero-order valence-corrected chi connectivity index (χ0v) is 13.7. The summed E-state index contributed by atoms with van der Waals surface area (Å²) in [7, 11) is 0. The zero-order valence-electron chi connectivity index (χ0n) is 12.1. The van der Waals surface area contributed by atoms with Crippen LogP contribution in [0.5, 0.6) is 0 Å². The minimum absolute atomic E-state index is 0.518. The Bertz CT molecular complexity index is 391. The Balaban J connectivity index is 1.41. The topological polar surface area (TPSA) is 48.8 Å². The van der Waals surface area contributed by atoms with Crippen molar-refractivity contribution in [3.8, 4) is 0 Å². The molecule has 2 unspecified atom stereocenters. The van der Waals surface area contributed by atoms with E-state index in [0.717, 1.165) is 28.6 Å². The Morgan fingerprint density at radius 3 is 2.70 bits per heavy atom. The molecule has 1 aliphatic carbocycles. The van der Waals surface area contributed by atoms with E-state index >= 15 is 0 Å². The van der Waals surface area contributed by atoms with Crippen molar-refractivity contribution in [1.29, 1.82) is 0 Å². The fraction of sp³-hybridized carbons (Fsp3) is 0.857. The molecule has 0 amide bonds. The van der Waals surface area contributed by atoms with Crippen molar-refractivity contribution >= 4 is 33.9 Å². The Morgan fingerprint density at radius 1 is 1.15 bits per heavy atom. The summed E-state index contributed by atoms with van der Waals surface area (Å²) >= 11 is 3.63. The van der Waals surface area contributed by atoms with Crippen LogP contribution in [0.4, 0.5) is 0 Å².